The highest BCUT2D eigenvalue weighted by Gasteiger charge is 2.41. The van der Waals surface area contributed by atoms with E-state index in [1.54, 1.807) is 18.2 Å². The molecule has 2 heterocycles. The van der Waals surface area contributed by atoms with Crippen molar-refractivity contribution in [1.82, 2.24) is 15.1 Å². The van der Waals surface area contributed by atoms with E-state index in [0.717, 1.165) is 64.6 Å². The van der Waals surface area contributed by atoms with E-state index >= 15 is 0 Å². The highest BCUT2D eigenvalue weighted by Crippen LogP contribution is 2.39. The summed E-state index contributed by atoms with van der Waals surface area (Å²) in [6.45, 7) is 4.80. The van der Waals surface area contributed by atoms with E-state index in [1.165, 1.54) is 5.56 Å². The summed E-state index contributed by atoms with van der Waals surface area (Å²) in [5.41, 5.74) is 1.87. The molecule has 2 unspecified atom stereocenters. The van der Waals surface area contributed by atoms with Crippen LogP contribution in [0.15, 0.2) is 35.4 Å². The molecule has 1 aromatic carbocycles. The number of sulfone groups is 1. The molecule has 1 aliphatic heterocycles. The number of likely N-dealkylation sites (tertiary alicyclic amines) is 1. The average molecular weight is 473 g/mol. The number of fused-ring (bicyclic) bond motifs is 1. The van der Waals surface area contributed by atoms with Gasteiger partial charge in [0.1, 0.15) is 11.6 Å². The van der Waals surface area contributed by atoms with Crippen molar-refractivity contribution < 1.29 is 12.8 Å². The number of benzene rings is 1. The summed E-state index contributed by atoms with van der Waals surface area (Å²) >= 11 is 0. The van der Waals surface area contributed by atoms with Crippen LogP contribution in [0.2, 0.25) is 0 Å². The summed E-state index contributed by atoms with van der Waals surface area (Å²) < 4.78 is 39.2. The number of halogens is 1. The molecule has 3 aliphatic rings. The van der Waals surface area contributed by atoms with Gasteiger partial charge in [-0.05, 0) is 73.8 Å². The van der Waals surface area contributed by atoms with Crippen molar-refractivity contribution in [1.29, 1.82) is 0 Å². The van der Waals surface area contributed by atoms with Crippen LogP contribution in [-0.2, 0) is 16.4 Å². The monoisotopic (exact) mass is 472 g/mol. The third-order valence-electron chi connectivity index (χ3n) is 7.73. The third kappa shape index (κ3) is 4.92. The van der Waals surface area contributed by atoms with Gasteiger partial charge in [0.05, 0.1) is 5.25 Å². The lowest BCUT2D eigenvalue weighted by atomic mass is 10.0. The van der Waals surface area contributed by atoms with E-state index in [2.05, 4.69) is 20.4 Å². The Labute approximate surface area is 195 Å². The van der Waals surface area contributed by atoms with Crippen molar-refractivity contribution in [2.45, 2.75) is 74.7 Å². The maximum absolute atomic E-state index is 13.5. The number of hydrogen-bond acceptors (Lipinski definition) is 6. The van der Waals surface area contributed by atoms with Gasteiger partial charge in [0, 0.05) is 25.7 Å². The van der Waals surface area contributed by atoms with Crippen molar-refractivity contribution in [2.75, 3.05) is 18.4 Å². The number of aromatic nitrogens is 2. The van der Waals surface area contributed by atoms with Gasteiger partial charge >= 0.3 is 0 Å². The van der Waals surface area contributed by atoms with Gasteiger partial charge in [0.25, 0.3) is 0 Å². The molecule has 5 rings (SSSR count). The molecule has 33 heavy (non-hydrogen) atoms. The molecule has 3 fully saturated rings. The summed E-state index contributed by atoms with van der Waals surface area (Å²) in [6.07, 6.45) is 6.68. The molecule has 8 heteroatoms. The van der Waals surface area contributed by atoms with Crippen LogP contribution in [0, 0.1) is 24.6 Å². The van der Waals surface area contributed by atoms with Crippen LogP contribution >= 0.6 is 0 Å². The number of rotatable bonds is 6. The van der Waals surface area contributed by atoms with Crippen LogP contribution in [0.3, 0.4) is 0 Å². The summed E-state index contributed by atoms with van der Waals surface area (Å²) in [7, 11) is -3.38. The van der Waals surface area contributed by atoms with Gasteiger partial charge in [-0.3, -0.25) is 4.90 Å². The van der Waals surface area contributed by atoms with E-state index < -0.39 is 9.84 Å². The van der Waals surface area contributed by atoms with Gasteiger partial charge in [-0.15, -0.1) is 10.2 Å². The van der Waals surface area contributed by atoms with E-state index in [4.69, 9.17) is 0 Å². The second-order valence-corrected chi connectivity index (χ2v) is 12.3. The van der Waals surface area contributed by atoms with Crippen LogP contribution in [-0.4, -0.2) is 47.9 Å². The molecule has 0 spiro atoms. The van der Waals surface area contributed by atoms with Gasteiger partial charge in [0.15, 0.2) is 14.9 Å². The van der Waals surface area contributed by atoms with Crippen LogP contribution in [0.1, 0.15) is 56.1 Å². The highest BCUT2D eigenvalue weighted by atomic mass is 32.2. The molecule has 1 aromatic heterocycles. The zero-order valence-electron chi connectivity index (χ0n) is 19.2. The van der Waals surface area contributed by atoms with E-state index in [1.807, 2.05) is 19.1 Å². The number of nitrogens with zero attached hydrogens (tertiary/aromatic N) is 3. The second kappa shape index (κ2) is 9.29. The first-order chi connectivity index (χ1) is 15.9. The highest BCUT2D eigenvalue weighted by molar-refractivity contribution is 7.92. The molecular weight excluding hydrogens is 439 g/mol. The fraction of sp³-hybridized carbons (Fsp3) is 0.600. The molecule has 6 nitrogen and oxygen atoms in total. The quantitative estimate of drug-likeness (QED) is 0.674. The van der Waals surface area contributed by atoms with Gasteiger partial charge < -0.3 is 5.32 Å². The van der Waals surface area contributed by atoms with Crippen LogP contribution in [0.25, 0.3) is 0 Å². The molecule has 0 amide bonds. The number of nitrogens with one attached hydrogen (secondary N) is 1. The molecule has 2 aromatic rings. The first-order valence-corrected chi connectivity index (χ1v) is 13.7. The van der Waals surface area contributed by atoms with Gasteiger partial charge in [-0.2, -0.15) is 0 Å². The zero-order valence-corrected chi connectivity index (χ0v) is 20.0. The van der Waals surface area contributed by atoms with E-state index in [9.17, 15) is 12.8 Å². The molecule has 1 N–H and O–H groups in total. The van der Waals surface area contributed by atoms with Gasteiger partial charge in [-0.1, -0.05) is 31.4 Å². The summed E-state index contributed by atoms with van der Waals surface area (Å²) in [5.74, 6) is 1.79. The smallest absolute Gasteiger partial charge is 0.200 e. The molecule has 0 radical (unpaired) electrons. The minimum atomic E-state index is -3.38. The Morgan fingerprint density at radius 2 is 1.76 bits per heavy atom. The average Bonchev–Trinajstić information content (AvgIpc) is 3.35. The topological polar surface area (TPSA) is 75.2 Å². The van der Waals surface area contributed by atoms with E-state index in [0.29, 0.717) is 29.3 Å². The largest absolute Gasteiger partial charge is 0.366 e. The zero-order chi connectivity index (χ0) is 23.0. The minimum absolute atomic E-state index is 0.106. The van der Waals surface area contributed by atoms with Crippen molar-refractivity contribution in [3.05, 3.63) is 47.3 Å². The summed E-state index contributed by atoms with van der Waals surface area (Å²) in [4.78, 5) is 2.48. The first kappa shape index (κ1) is 22.7. The van der Waals surface area contributed by atoms with E-state index in [-0.39, 0.29) is 16.1 Å². The Morgan fingerprint density at radius 1 is 1.03 bits per heavy atom. The Hall–Kier alpha value is -2.06. The maximum atomic E-state index is 13.5. The molecule has 178 valence electrons. The summed E-state index contributed by atoms with van der Waals surface area (Å²) in [5, 5.41) is 11.6. The van der Waals surface area contributed by atoms with Crippen LogP contribution in [0.4, 0.5) is 10.2 Å². The second-order valence-electron chi connectivity index (χ2n) is 10.2. The predicted octanol–water partition coefficient (Wildman–Crippen LogP) is 4.35. The summed E-state index contributed by atoms with van der Waals surface area (Å²) in [6, 6.07) is 9.11. The van der Waals surface area contributed by atoms with Crippen molar-refractivity contribution in [3.8, 4) is 0 Å². The normalized spacial score (nSPS) is 26.4. The van der Waals surface area contributed by atoms with Crippen molar-refractivity contribution in [3.63, 3.8) is 0 Å². The molecule has 2 saturated carbocycles. The molecular formula is C25H33FN4O2S. The van der Waals surface area contributed by atoms with Gasteiger partial charge in [0.2, 0.25) is 0 Å². The minimum Gasteiger partial charge on any atom is -0.366 e. The van der Waals surface area contributed by atoms with Crippen molar-refractivity contribution >= 4 is 15.7 Å². The number of hydrogen-bond donors (Lipinski definition) is 1. The lowest BCUT2D eigenvalue weighted by Crippen LogP contribution is -2.26. The van der Waals surface area contributed by atoms with Crippen LogP contribution < -0.4 is 5.32 Å². The van der Waals surface area contributed by atoms with Gasteiger partial charge in [-0.25, -0.2) is 12.8 Å². The Kier molecular flexibility index (Phi) is 6.40. The lowest BCUT2D eigenvalue weighted by Gasteiger charge is -2.21. The molecule has 1 saturated heterocycles. The predicted molar refractivity (Wildman–Crippen MR) is 126 cm³/mol. The Balaban J connectivity index is 1.14. The number of anilines is 1. The Morgan fingerprint density at radius 3 is 2.39 bits per heavy atom. The third-order valence-corrected chi connectivity index (χ3v) is 9.88. The van der Waals surface area contributed by atoms with Crippen LogP contribution in [0.5, 0.6) is 0 Å². The molecule has 0 bridgehead atoms. The standard InChI is InChI=1S/C25H33FN4O2S/c1-17-11-18(7-8-23(17)26)14-30-15-19-12-21(13-20(19)16-30)27-24-9-10-25(29-28-24)33(31,32)22-5-3-2-4-6-22/h7-11,19-22H,2-6,12-16H2,1H3,(H,27,28)/t19-,20?,21?/m1/s1. The first-order valence-electron chi connectivity index (χ1n) is 12.2. The van der Waals surface area contributed by atoms with Crippen molar-refractivity contribution in [2.24, 2.45) is 11.8 Å². The lowest BCUT2D eigenvalue weighted by molar-refractivity contribution is 0.301. The maximum Gasteiger partial charge on any atom is 0.200 e. The Bertz CT molecular complexity index is 1070. The number of aryl methyl sites for hydroxylation is 1. The fourth-order valence-electron chi connectivity index (χ4n) is 6.01. The molecule has 3 atom stereocenters. The fourth-order valence-corrected chi connectivity index (χ4v) is 7.72. The SMILES string of the molecule is Cc1cc(CN2CC3CC(Nc4ccc(S(=O)(=O)C5CCCCC5)nn4)C[C@@H]3C2)ccc1F. The molecule has 2 aliphatic carbocycles.